The van der Waals surface area contributed by atoms with Crippen molar-refractivity contribution in [3.8, 4) is 0 Å². The number of aliphatic hydroxyl groups is 1. The third-order valence-electron chi connectivity index (χ3n) is 5.11. The van der Waals surface area contributed by atoms with E-state index in [9.17, 15) is 9.50 Å². The van der Waals surface area contributed by atoms with Crippen molar-refractivity contribution in [2.24, 2.45) is 0 Å². The fourth-order valence-electron chi connectivity index (χ4n) is 3.94. The molecule has 2 aromatic carbocycles. The van der Waals surface area contributed by atoms with Crippen LogP contribution in [0.4, 0.5) is 10.1 Å². The Kier molecular flexibility index (Phi) is 5.70. The van der Waals surface area contributed by atoms with Crippen LogP contribution in [-0.4, -0.2) is 28.6 Å². The molecule has 0 aromatic heterocycles. The fraction of sp³-hybridized carbons (Fsp3) is 0.350. The second-order valence-corrected chi connectivity index (χ2v) is 7.22. The van der Waals surface area contributed by atoms with E-state index in [0.717, 1.165) is 37.3 Å². The van der Waals surface area contributed by atoms with Crippen LogP contribution < -0.4 is 4.90 Å². The molecule has 1 unspecified atom stereocenters. The summed E-state index contributed by atoms with van der Waals surface area (Å²) in [6, 6.07) is 13.7. The largest absolute Gasteiger partial charge is 0.346 e. The lowest BCUT2D eigenvalue weighted by Gasteiger charge is -2.29. The summed E-state index contributed by atoms with van der Waals surface area (Å²) in [5, 5.41) is 12.3. The molecule has 6 heteroatoms. The molecule has 26 heavy (non-hydrogen) atoms. The Hall–Kier alpha value is -1.43. The van der Waals surface area contributed by atoms with Crippen molar-refractivity contribution in [3.63, 3.8) is 0 Å². The molecule has 0 fully saturated rings. The molecule has 2 heterocycles. The highest BCUT2D eigenvalue weighted by Gasteiger charge is 2.54. The minimum Gasteiger partial charge on any atom is -0.346 e. The van der Waals surface area contributed by atoms with Gasteiger partial charge in [-0.15, -0.1) is 17.0 Å². The summed E-state index contributed by atoms with van der Waals surface area (Å²) < 4.78 is 15.7. The maximum absolute atomic E-state index is 13.4. The Labute approximate surface area is 168 Å². The normalized spacial score (nSPS) is 22.7. The Bertz CT molecular complexity index is 827. The quantitative estimate of drug-likeness (QED) is 0.685. The summed E-state index contributed by atoms with van der Waals surface area (Å²) in [5.41, 5.74) is 0.318. The Morgan fingerprint density at radius 1 is 1.08 bits per heavy atom. The summed E-state index contributed by atoms with van der Waals surface area (Å²) >= 11 is 6.21. The van der Waals surface area contributed by atoms with Crippen LogP contribution in [0.3, 0.4) is 0 Å². The van der Waals surface area contributed by atoms with Crippen LogP contribution in [0.25, 0.3) is 0 Å². The predicted octanol–water partition coefficient (Wildman–Crippen LogP) is 4.71. The van der Waals surface area contributed by atoms with Crippen molar-refractivity contribution in [3.05, 3.63) is 64.9 Å². The first-order valence-corrected chi connectivity index (χ1v) is 9.11. The van der Waals surface area contributed by atoms with Crippen LogP contribution in [0.15, 0.2) is 48.5 Å². The lowest BCUT2D eigenvalue weighted by atomic mass is 10.00. The van der Waals surface area contributed by atoms with E-state index < -0.39 is 5.72 Å². The van der Waals surface area contributed by atoms with Gasteiger partial charge in [-0.25, -0.2) is 4.39 Å². The minimum atomic E-state index is -1.23. The number of amidine groups is 1. The summed E-state index contributed by atoms with van der Waals surface area (Å²) in [6.07, 6.45) is 4.32. The van der Waals surface area contributed by atoms with Crippen LogP contribution in [-0.2, 0) is 5.72 Å². The van der Waals surface area contributed by atoms with E-state index >= 15 is 0 Å². The Balaban J connectivity index is 0.00000196. The number of anilines is 1. The van der Waals surface area contributed by atoms with Gasteiger partial charge in [-0.3, -0.25) is 4.58 Å². The lowest BCUT2D eigenvalue weighted by Crippen LogP contribution is -2.47. The first-order valence-electron chi connectivity index (χ1n) is 8.73. The molecule has 0 amide bonds. The fourth-order valence-corrected chi connectivity index (χ4v) is 4.12. The number of hydrogen-bond acceptors (Lipinski definition) is 2. The zero-order valence-electron chi connectivity index (χ0n) is 14.4. The molecule has 0 spiro atoms. The van der Waals surface area contributed by atoms with Crippen LogP contribution in [0.2, 0.25) is 5.02 Å². The second-order valence-electron chi connectivity index (χ2n) is 6.79. The van der Waals surface area contributed by atoms with Gasteiger partial charge >= 0.3 is 0 Å². The van der Waals surface area contributed by atoms with Gasteiger partial charge in [-0.2, -0.15) is 4.90 Å². The van der Waals surface area contributed by atoms with E-state index in [1.807, 2.05) is 29.2 Å². The smallest absolute Gasteiger partial charge is 0.275 e. The number of hydrogen-bond donors (Lipinski definition) is 1. The SMILES string of the molecule is Br.OC1(c2ccc(F)cc2)C[N+]2=C(CCCCC2)N1c1cccc(Cl)c1. The summed E-state index contributed by atoms with van der Waals surface area (Å²) in [4.78, 5) is 1.98. The van der Waals surface area contributed by atoms with Gasteiger partial charge in [0.1, 0.15) is 11.5 Å². The third-order valence-corrected chi connectivity index (χ3v) is 5.34. The summed E-state index contributed by atoms with van der Waals surface area (Å²) in [5.74, 6) is 0.813. The zero-order chi connectivity index (χ0) is 17.4. The van der Waals surface area contributed by atoms with E-state index in [1.165, 1.54) is 18.6 Å². The predicted molar refractivity (Wildman–Crippen MR) is 108 cm³/mol. The molecule has 2 aromatic rings. The number of halogens is 3. The monoisotopic (exact) mass is 439 g/mol. The van der Waals surface area contributed by atoms with Gasteiger partial charge in [-0.05, 0) is 55.7 Å². The maximum Gasteiger partial charge on any atom is 0.275 e. The van der Waals surface area contributed by atoms with Crippen LogP contribution in [0, 0.1) is 5.82 Å². The number of benzene rings is 2. The molecule has 2 aliphatic heterocycles. The molecule has 0 radical (unpaired) electrons. The first kappa shape index (κ1) is 19.3. The van der Waals surface area contributed by atoms with Crippen LogP contribution in [0.1, 0.15) is 31.2 Å². The van der Waals surface area contributed by atoms with Crippen LogP contribution in [0.5, 0.6) is 0 Å². The molecule has 0 aliphatic carbocycles. The Morgan fingerprint density at radius 2 is 1.85 bits per heavy atom. The number of nitrogens with zero attached hydrogens (tertiary/aromatic N) is 2. The van der Waals surface area contributed by atoms with E-state index in [0.29, 0.717) is 17.1 Å². The van der Waals surface area contributed by atoms with E-state index in [4.69, 9.17) is 11.6 Å². The molecule has 0 saturated carbocycles. The molecule has 2 aliphatic rings. The van der Waals surface area contributed by atoms with E-state index in [2.05, 4.69) is 4.58 Å². The third kappa shape index (κ3) is 3.40. The van der Waals surface area contributed by atoms with Gasteiger partial charge in [0.15, 0.2) is 6.54 Å². The van der Waals surface area contributed by atoms with Crippen molar-refractivity contribution in [1.82, 2.24) is 0 Å². The van der Waals surface area contributed by atoms with E-state index in [-0.39, 0.29) is 22.8 Å². The van der Waals surface area contributed by atoms with Crippen molar-refractivity contribution in [2.75, 3.05) is 18.0 Å². The van der Waals surface area contributed by atoms with Crippen molar-refractivity contribution in [1.29, 1.82) is 0 Å². The molecule has 1 atom stereocenters. The topological polar surface area (TPSA) is 26.5 Å². The van der Waals surface area contributed by atoms with Crippen molar-refractivity contribution in [2.45, 2.75) is 31.4 Å². The molecule has 3 nitrogen and oxygen atoms in total. The van der Waals surface area contributed by atoms with Gasteiger partial charge in [0, 0.05) is 23.1 Å². The number of rotatable bonds is 2. The highest BCUT2D eigenvalue weighted by Crippen LogP contribution is 2.38. The van der Waals surface area contributed by atoms with Crippen LogP contribution >= 0.6 is 28.6 Å². The molecular formula is C20H22BrClFN2O+. The molecule has 138 valence electrons. The van der Waals surface area contributed by atoms with Crippen molar-refractivity contribution >= 4 is 40.1 Å². The Morgan fingerprint density at radius 3 is 2.58 bits per heavy atom. The average molecular weight is 441 g/mol. The van der Waals surface area contributed by atoms with Gasteiger partial charge in [-0.1, -0.05) is 17.7 Å². The second kappa shape index (κ2) is 7.67. The summed E-state index contributed by atoms with van der Waals surface area (Å²) in [6.45, 7) is 1.40. The highest BCUT2D eigenvalue weighted by molar-refractivity contribution is 8.93. The minimum absolute atomic E-state index is 0. The molecule has 0 saturated heterocycles. The van der Waals surface area contributed by atoms with E-state index in [1.54, 1.807) is 12.1 Å². The summed E-state index contributed by atoms with van der Waals surface area (Å²) in [7, 11) is 0. The molecule has 1 N–H and O–H groups in total. The highest BCUT2D eigenvalue weighted by atomic mass is 79.9. The molecule has 0 bridgehead atoms. The average Bonchev–Trinajstić information content (AvgIpc) is 2.72. The van der Waals surface area contributed by atoms with Gasteiger partial charge < -0.3 is 5.11 Å². The molecular weight excluding hydrogens is 419 g/mol. The van der Waals surface area contributed by atoms with Gasteiger partial charge in [0.2, 0.25) is 0 Å². The van der Waals surface area contributed by atoms with Gasteiger partial charge in [0.25, 0.3) is 11.6 Å². The maximum atomic E-state index is 13.4. The first-order chi connectivity index (χ1) is 12.1. The lowest BCUT2D eigenvalue weighted by molar-refractivity contribution is -0.534. The standard InChI is InChI=1S/C20H21ClFN2O.BrH/c21-16-5-4-6-18(13-16)24-19-7-2-1-3-12-23(19)14-20(24,25)15-8-10-17(22)11-9-15;/h4-6,8-11,13,25H,1-3,7,12,14H2;1H/q+1;. The van der Waals surface area contributed by atoms with Crippen molar-refractivity contribution < 1.29 is 14.1 Å². The zero-order valence-corrected chi connectivity index (χ0v) is 16.8. The van der Waals surface area contributed by atoms with Gasteiger partial charge in [0.05, 0.1) is 6.54 Å². The molecule has 4 rings (SSSR count).